The van der Waals surface area contributed by atoms with Gasteiger partial charge in [0.15, 0.2) is 0 Å². The van der Waals surface area contributed by atoms with Crippen molar-refractivity contribution >= 4 is 46.6 Å². The number of carbonyl (C=O) groups excluding carboxylic acids is 1. The fourth-order valence-electron chi connectivity index (χ4n) is 1.04. The second-order valence-corrected chi connectivity index (χ2v) is 2.30. The SMILES string of the molecule is O=C([O-])c1cccc2[nH]nnc12.[Ag+].[NaH]. The van der Waals surface area contributed by atoms with Gasteiger partial charge in [-0.25, -0.2) is 0 Å². The molecule has 0 fully saturated rings. The molecule has 0 atom stereocenters. The van der Waals surface area contributed by atoms with Crippen molar-refractivity contribution in [2.45, 2.75) is 0 Å². The number of aromatic amines is 1. The fraction of sp³-hybridized carbons (Fsp3) is 0. The molecule has 14 heavy (non-hydrogen) atoms. The standard InChI is InChI=1S/C7H5N3O2.Ag.Na.H/c11-7(12)4-2-1-3-5-6(4)9-10-8-5;;;/h1-3H,(H,11,12)(H,8,9,10);;;/q;+1;;/p-1. The van der Waals surface area contributed by atoms with E-state index >= 15 is 0 Å². The zero-order valence-electron chi connectivity index (χ0n) is 6.24. The molecule has 0 radical (unpaired) electrons. The van der Waals surface area contributed by atoms with Crippen LogP contribution >= 0.6 is 0 Å². The third kappa shape index (κ3) is 2.44. The van der Waals surface area contributed by atoms with Gasteiger partial charge in [0.05, 0.1) is 11.5 Å². The summed E-state index contributed by atoms with van der Waals surface area (Å²) >= 11 is 0. The number of H-pyrrole nitrogens is 1. The van der Waals surface area contributed by atoms with Crippen molar-refractivity contribution in [1.82, 2.24) is 15.4 Å². The number of rotatable bonds is 1. The number of carbonyl (C=O) groups is 1. The summed E-state index contributed by atoms with van der Waals surface area (Å²) in [5, 5.41) is 20.2. The molecule has 2 aromatic rings. The molecule has 72 valence electrons. The van der Waals surface area contributed by atoms with E-state index in [1.165, 1.54) is 6.07 Å². The van der Waals surface area contributed by atoms with Crippen molar-refractivity contribution in [1.29, 1.82) is 0 Å². The van der Waals surface area contributed by atoms with Crippen LogP contribution in [-0.4, -0.2) is 50.9 Å². The Morgan fingerprint density at radius 1 is 1.43 bits per heavy atom. The number of nitrogens with one attached hydrogen (secondary N) is 1. The van der Waals surface area contributed by atoms with Crippen LogP contribution in [0.4, 0.5) is 0 Å². The summed E-state index contributed by atoms with van der Waals surface area (Å²) in [4.78, 5) is 10.5. The summed E-state index contributed by atoms with van der Waals surface area (Å²) in [5.41, 5.74) is 0.982. The van der Waals surface area contributed by atoms with E-state index in [4.69, 9.17) is 0 Å². The molecule has 1 aromatic heterocycles. The summed E-state index contributed by atoms with van der Waals surface area (Å²) in [6.45, 7) is 0. The second kappa shape index (κ2) is 5.65. The second-order valence-electron chi connectivity index (χ2n) is 2.30. The quantitative estimate of drug-likeness (QED) is 0.661. The third-order valence-corrected chi connectivity index (χ3v) is 1.58. The van der Waals surface area contributed by atoms with Crippen LogP contribution < -0.4 is 5.11 Å². The van der Waals surface area contributed by atoms with E-state index in [0.717, 1.165) is 0 Å². The van der Waals surface area contributed by atoms with Gasteiger partial charge in [-0.15, -0.1) is 5.10 Å². The van der Waals surface area contributed by atoms with Crippen LogP contribution in [-0.2, 0) is 22.4 Å². The topological polar surface area (TPSA) is 81.7 Å². The van der Waals surface area contributed by atoms with Gasteiger partial charge in [0.25, 0.3) is 0 Å². The van der Waals surface area contributed by atoms with Crippen LogP contribution in [0.2, 0.25) is 0 Å². The molecule has 0 saturated carbocycles. The summed E-state index contributed by atoms with van der Waals surface area (Å²) in [7, 11) is 0. The van der Waals surface area contributed by atoms with E-state index in [1.807, 2.05) is 0 Å². The number of hydrogen-bond acceptors (Lipinski definition) is 4. The van der Waals surface area contributed by atoms with Crippen LogP contribution in [0.3, 0.4) is 0 Å². The zero-order chi connectivity index (χ0) is 8.55. The number of benzene rings is 1. The van der Waals surface area contributed by atoms with E-state index in [0.29, 0.717) is 11.0 Å². The van der Waals surface area contributed by atoms with E-state index in [2.05, 4.69) is 15.4 Å². The predicted octanol–water partition coefficient (Wildman–Crippen LogP) is -1.33. The van der Waals surface area contributed by atoms with E-state index in [9.17, 15) is 9.90 Å². The molecule has 0 aliphatic heterocycles. The Bertz CT molecular complexity index is 445. The van der Waals surface area contributed by atoms with Gasteiger partial charge in [-0.3, -0.25) is 5.10 Å². The molecule has 0 saturated heterocycles. The van der Waals surface area contributed by atoms with Gasteiger partial charge < -0.3 is 9.90 Å². The Morgan fingerprint density at radius 2 is 2.14 bits per heavy atom. The van der Waals surface area contributed by atoms with Crippen molar-refractivity contribution < 1.29 is 32.3 Å². The molecule has 0 aliphatic rings. The molecular weight excluding hydrogens is 289 g/mol. The number of carboxylic acids is 1. The van der Waals surface area contributed by atoms with E-state index < -0.39 is 5.97 Å². The number of aromatic carboxylic acids is 1. The molecule has 0 bridgehead atoms. The third-order valence-electron chi connectivity index (χ3n) is 1.58. The fourth-order valence-corrected chi connectivity index (χ4v) is 1.04. The molecule has 2 rings (SSSR count). The summed E-state index contributed by atoms with van der Waals surface area (Å²) in [6.07, 6.45) is 0. The van der Waals surface area contributed by atoms with Gasteiger partial charge in [-0.1, -0.05) is 17.3 Å². The predicted molar refractivity (Wildman–Crippen MR) is 45.4 cm³/mol. The zero-order valence-corrected chi connectivity index (χ0v) is 7.73. The monoisotopic (exact) mass is 293 g/mol. The number of hydrogen-bond donors (Lipinski definition) is 1. The molecule has 7 heteroatoms. The number of aromatic nitrogens is 3. The van der Waals surface area contributed by atoms with Gasteiger partial charge in [0.2, 0.25) is 0 Å². The molecule has 5 nitrogen and oxygen atoms in total. The average Bonchev–Trinajstić information content (AvgIpc) is 2.49. The maximum absolute atomic E-state index is 10.5. The Balaban J connectivity index is 0.000000845. The minimum atomic E-state index is -1.24. The normalized spacial score (nSPS) is 8.86. The van der Waals surface area contributed by atoms with Crippen LogP contribution in [0.5, 0.6) is 0 Å². The van der Waals surface area contributed by atoms with Crippen LogP contribution in [0.25, 0.3) is 11.0 Å². The molecule has 1 heterocycles. The Morgan fingerprint density at radius 3 is 2.79 bits per heavy atom. The number of fused-ring (bicyclic) bond motifs is 1. The number of carboxylic acid groups (broad SMARTS) is 1. The maximum atomic E-state index is 10.5. The molecule has 1 aromatic carbocycles. The van der Waals surface area contributed by atoms with Crippen LogP contribution in [0.1, 0.15) is 10.4 Å². The minimum absolute atomic E-state index is 0. The summed E-state index contributed by atoms with van der Waals surface area (Å²) in [6, 6.07) is 4.73. The average molecular weight is 294 g/mol. The molecule has 1 N–H and O–H groups in total. The van der Waals surface area contributed by atoms with Crippen LogP contribution in [0, 0.1) is 0 Å². The summed E-state index contributed by atoms with van der Waals surface area (Å²) in [5.74, 6) is -1.24. The van der Waals surface area contributed by atoms with Crippen molar-refractivity contribution in [3.63, 3.8) is 0 Å². The number of nitrogens with zero attached hydrogens (tertiary/aromatic N) is 2. The first-order valence-electron chi connectivity index (χ1n) is 3.30. The molecule has 0 amide bonds. The first kappa shape index (κ1) is 13.8. The van der Waals surface area contributed by atoms with Crippen molar-refractivity contribution in [2.24, 2.45) is 0 Å². The van der Waals surface area contributed by atoms with Gasteiger partial charge >= 0.3 is 51.9 Å². The first-order valence-corrected chi connectivity index (χ1v) is 3.30. The van der Waals surface area contributed by atoms with Gasteiger partial charge in [-0.05, 0) is 6.07 Å². The Labute approximate surface area is 117 Å². The Kier molecular flexibility index (Phi) is 5.58. The molecule has 0 spiro atoms. The van der Waals surface area contributed by atoms with Gasteiger partial charge in [-0.2, -0.15) is 0 Å². The van der Waals surface area contributed by atoms with Crippen molar-refractivity contribution in [3.8, 4) is 0 Å². The van der Waals surface area contributed by atoms with E-state index in [-0.39, 0.29) is 57.5 Å². The van der Waals surface area contributed by atoms with Crippen LogP contribution in [0.15, 0.2) is 18.2 Å². The van der Waals surface area contributed by atoms with Gasteiger partial charge in [0, 0.05) is 5.56 Å². The van der Waals surface area contributed by atoms with E-state index in [1.54, 1.807) is 12.1 Å². The van der Waals surface area contributed by atoms with Crippen molar-refractivity contribution in [3.05, 3.63) is 23.8 Å². The summed E-state index contributed by atoms with van der Waals surface area (Å²) < 4.78 is 0. The first-order chi connectivity index (χ1) is 5.79. The molecular formula is C7H5AgN3NaO2. The molecule has 0 aliphatic carbocycles. The van der Waals surface area contributed by atoms with Crippen molar-refractivity contribution in [2.75, 3.05) is 0 Å². The molecule has 0 unspecified atom stereocenters. The Hall–Kier alpha value is -0.170. The van der Waals surface area contributed by atoms with Gasteiger partial charge in [0.1, 0.15) is 5.52 Å².